The van der Waals surface area contributed by atoms with Crippen LogP contribution in [-0.2, 0) is 28.6 Å². The largest absolute Gasteiger partial charge is 0.379 e. The molecule has 15 nitrogen and oxygen atoms in total. The molecular formula is C40H49Cl2N9O6. The Morgan fingerprint density at radius 2 is 1.58 bits per heavy atom. The highest BCUT2D eigenvalue weighted by Crippen LogP contribution is 2.35. The SMILES string of the molecule is CN(CC(=O)NCCCOCCOCCOCCCC#N)C(=O)CCC(=O)NC1CCN(c2ncnc3c2nc(-c2ccccc2Cl)n3-c2ccc(Cl)cc2)CC1. The van der Waals surface area contributed by atoms with Gasteiger partial charge in [0.05, 0.1) is 44.1 Å². The van der Waals surface area contributed by atoms with Crippen LogP contribution in [0.4, 0.5) is 5.82 Å². The number of piperidine rings is 1. The standard InChI is InChI=1S/C40H49Cl2N9O6/c1-49(27-35(53)44-18-6-22-56-24-26-57-25-23-55-21-5-4-17-43)36(54)14-13-34(52)47-30-15-19-50(20-16-30)39-37-40(46-28-45-39)51(31-11-9-29(41)10-12-31)38(48-37)32-7-2-3-8-33(32)42/h2-3,7-12,28,30H,4-6,13-16,18-27H2,1H3,(H,44,53)(H,47,52). The minimum atomic E-state index is -0.284. The Labute approximate surface area is 342 Å². The monoisotopic (exact) mass is 821 g/mol. The molecule has 304 valence electrons. The molecule has 0 radical (unpaired) electrons. The zero-order valence-electron chi connectivity index (χ0n) is 32.1. The van der Waals surface area contributed by atoms with E-state index in [1.807, 2.05) is 53.1 Å². The van der Waals surface area contributed by atoms with Crippen LogP contribution in [-0.4, -0.2) is 121 Å². The van der Waals surface area contributed by atoms with Crippen LogP contribution >= 0.6 is 23.2 Å². The van der Waals surface area contributed by atoms with E-state index in [1.165, 1.54) is 11.2 Å². The molecule has 5 rings (SSSR count). The summed E-state index contributed by atoms with van der Waals surface area (Å²) in [6.45, 7) is 4.41. The highest BCUT2D eigenvalue weighted by Gasteiger charge is 2.27. The molecule has 1 aliphatic rings. The Hall–Kier alpha value is -4.85. The molecule has 57 heavy (non-hydrogen) atoms. The van der Waals surface area contributed by atoms with Gasteiger partial charge >= 0.3 is 0 Å². The number of unbranched alkanes of at least 4 members (excludes halogenated alkanes) is 1. The average molecular weight is 823 g/mol. The molecule has 17 heteroatoms. The number of hydrogen-bond donors (Lipinski definition) is 2. The summed E-state index contributed by atoms with van der Waals surface area (Å²) in [5.41, 5.74) is 2.85. The predicted octanol–water partition coefficient (Wildman–Crippen LogP) is 4.97. The van der Waals surface area contributed by atoms with Crippen molar-refractivity contribution in [1.82, 2.24) is 35.1 Å². The van der Waals surface area contributed by atoms with Crippen molar-refractivity contribution in [2.75, 3.05) is 77.8 Å². The Morgan fingerprint density at radius 3 is 2.28 bits per heavy atom. The van der Waals surface area contributed by atoms with Crippen LogP contribution < -0.4 is 15.5 Å². The molecule has 1 saturated heterocycles. The topological polar surface area (TPSA) is 177 Å². The Morgan fingerprint density at radius 1 is 0.895 bits per heavy atom. The third kappa shape index (κ3) is 13.1. The molecule has 0 saturated carbocycles. The number of nitrogens with one attached hydrogen (secondary N) is 2. The number of anilines is 1. The number of aromatic nitrogens is 4. The summed E-state index contributed by atoms with van der Waals surface area (Å²) in [5, 5.41) is 15.5. The third-order valence-corrected chi connectivity index (χ3v) is 9.85. The maximum absolute atomic E-state index is 12.8. The number of rotatable bonds is 22. The number of amides is 3. The zero-order chi connectivity index (χ0) is 40.4. The summed E-state index contributed by atoms with van der Waals surface area (Å²) in [5.74, 6) is 0.554. The average Bonchev–Trinajstić information content (AvgIpc) is 3.60. The number of carbonyl (C=O) groups excluding carboxylic acids is 3. The first-order chi connectivity index (χ1) is 27.7. The van der Waals surface area contributed by atoms with Crippen molar-refractivity contribution in [1.29, 1.82) is 5.26 Å². The smallest absolute Gasteiger partial charge is 0.239 e. The lowest BCUT2D eigenvalue weighted by atomic mass is 10.0. The summed E-state index contributed by atoms with van der Waals surface area (Å²) in [7, 11) is 1.55. The van der Waals surface area contributed by atoms with Gasteiger partial charge in [0.15, 0.2) is 17.0 Å². The number of ether oxygens (including phenoxy) is 3. The fourth-order valence-electron chi connectivity index (χ4n) is 6.27. The minimum absolute atomic E-state index is 0.000644. The van der Waals surface area contributed by atoms with Gasteiger partial charge in [0.2, 0.25) is 17.7 Å². The van der Waals surface area contributed by atoms with E-state index in [9.17, 15) is 14.4 Å². The van der Waals surface area contributed by atoms with Gasteiger partial charge < -0.3 is 34.6 Å². The van der Waals surface area contributed by atoms with Crippen LogP contribution in [0.5, 0.6) is 0 Å². The molecule has 2 aromatic heterocycles. The number of nitrogens with zero attached hydrogens (tertiary/aromatic N) is 7. The van der Waals surface area contributed by atoms with Crippen molar-refractivity contribution in [2.24, 2.45) is 0 Å². The molecule has 0 unspecified atom stereocenters. The minimum Gasteiger partial charge on any atom is -0.379 e. The van der Waals surface area contributed by atoms with Gasteiger partial charge in [0, 0.05) is 81.5 Å². The lowest BCUT2D eigenvalue weighted by molar-refractivity contribution is -0.136. The summed E-state index contributed by atoms with van der Waals surface area (Å²) in [6, 6.07) is 17.0. The van der Waals surface area contributed by atoms with E-state index in [2.05, 4.69) is 31.6 Å². The van der Waals surface area contributed by atoms with Crippen LogP contribution in [0.25, 0.3) is 28.2 Å². The lowest BCUT2D eigenvalue weighted by Crippen LogP contribution is -2.45. The molecule has 1 fully saturated rings. The number of carbonyl (C=O) groups is 3. The Balaban J connectivity index is 1.00. The van der Waals surface area contributed by atoms with Crippen molar-refractivity contribution >= 4 is 57.9 Å². The summed E-state index contributed by atoms with van der Waals surface area (Å²) in [6.07, 6.45) is 4.75. The number of fused-ring (bicyclic) bond motifs is 1. The number of hydrogen-bond acceptors (Lipinski definition) is 11. The molecule has 2 aromatic carbocycles. The van der Waals surface area contributed by atoms with Crippen molar-refractivity contribution in [3.05, 3.63) is 64.9 Å². The second kappa shape index (κ2) is 22.8. The van der Waals surface area contributed by atoms with Gasteiger partial charge in [-0.15, -0.1) is 0 Å². The van der Waals surface area contributed by atoms with Gasteiger partial charge in [0.25, 0.3) is 0 Å². The van der Waals surface area contributed by atoms with E-state index < -0.39 is 0 Å². The van der Waals surface area contributed by atoms with E-state index in [4.69, 9.17) is 47.7 Å². The first-order valence-corrected chi connectivity index (χ1v) is 19.9. The fraction of sp³-hybridized carbons (Fsp3) is 0.475. The molecule has 0 atom stereocenters. The quantitative estimate of drug-likeness (QED) is 0.102. The number of benzene rings is 2. The third-order valence-electron chi connectivity index (χ3n) is 9.27. The molecule has 0 bridgehead atoms. The van der Waals surface area contributed by atoms with Gasteiger partial charge in [-0.1, -0.05) is 35.3 Å². The molecule has 0 aliphatic carbocycles. The number of halogens is 2. The number of imidazole rings is 1. The van der Waals surface area contributed by atoms with Crippen LogP contribution in [0.2, 0.25) is 10.0 Å². The van der Waals surface area contributed by atoms with Crippen molar-refractivity contribution in [2.45, 2.75) is 51.0 Å². The Kier molecular flexibility index (Phi) is 17.3. The van der Waals surface area contributed by atoms with Crippen LogP contribution in [0.15, 0.2) is 54.9 Å². The normalized spacial score (nSPS) is 13.1. The summed E-state index contributed by atoms with van der Waals surface area (Å²) >= 11 is 12.8. The predicted molar refractivity (Wildman–Crippen MR) is 217 cm³/mol. The highest BCUT2D eigenvalue weighted by atomic mass is 35.5. The second-order valence-electron chi connectivity index (χ2n) is 13.5. The van der Waals surface area contributed by atoms with E-state index in [0.29, 0.717) is 118 Å². The Bertz CT molecular complexity index is 1970. The maximum Gasteiger partial charge on any atom is 0.239 e. The van der Waals surface area contributed by atoms with Crippen LogP contribution in [0.1, 0.15) is 44.9 Å². The molecule has 0 spiro atoms. The van der Waals surface area contributed by atoms with Crippen LogP contribution in [0.3, 0.4) is 0 Å². The van der Waals surface area contributed by atoms with E-state index in [-0.39, 0.29) is 43.1 Å². The van der Waals surface area contributed by atoms with Crippen molar-refractivity contribution in [3.8, 4) is 23.1 Å². The van der Waals surface area contributed by atoms with Gasteiger partial charge in [-0.25, -0.2) is 15.0 Å². The molecular weight excluding hydrogens is 773 g/mol. The molecule has 3 heterocycles. The van der Waals surface area contributed by atoms with Gasteiger partial charge in [-0.3, -0.25) is 19.0 Å². The van der Waals surface area contributed by atoms with Crippen LogP contribution in [0, 0.1) is 11.3 Å². The maximum atomic E-state index is 12.8. The van der Waals surface area contributed by atoms with Crippen molar-refractivity contribution in [3.63, 3.8) is 0 Å². The van der Waals surface area contributed by atoms with E-state index >= 15 is 0 Å². The second-order valence-corrected chi connectivity index (χ2v) is 14.3. The van der Waals surface area contributed by atoms with E-state index in [1.54, 1.807) is 7.05 Å². The molecule has 1 aliphatic heterocycles. The van der Waals surface area contributed by atoms with Crippen molar-refractivity contribution < 1.29 is 28.6 Å². The fourth-order valence-corrected chi connectivity index (χ4v) is 6.62. The number of nitriles is 1. The van der Waals surface area contributed by atoms with Gasteiger partial charge in [-0.2, -0.15) is 5.26 Å². The molecule has 3 amide bonds. The molecule has 4 aromatic rings. The highest BCUT2D eigenvalue weighted by molar-refractivity contribution is 6.33. The zero-order valence-corrected chi connectivity index (χ0v) is 33.6. The van der Waals surface area contributed by atoms with Gasteiger partial charge in [0.1, 0.15) is 12.2 Å². The summed E-state index contributed by atoms with van der Waals surface area (Å²) in [4.78, 5) is 55.7. The summed E-state index contributed by atoms with van der Waals surface area (Å²) < 4.78 is 18.2. The van der Waals surface area contributed by atoms with Gasteiger partial charge in [-0.05, 0) is 62.1 Å². The number of likely N-dealkylation sites (N-methyl/N-ethyl adjacent to an activating group) is 1. The van der Waals surface area contributed by atoms with E-state index in [0.717, 1.165) is 17.7 Å². The molecule has 2 N–H and O–H groups in total. The first kappa shape index (κ1) is 43.3. The first-order valence-electron chi connectivity index (χ1n) is 19.1. The lowest BCUT2D eigenvalue weighted by Gasteiger charge is -2.33.